The van der Waals surface area contributed by atoms with E-state index in [4.69, 9.17) is 23.7 Å². The Labute approximate surface area is 257 Å². The van der Waals surface area contributed by atoms with Crippen LogP contribution in [0.3, 0.4) is 0 Å². The first kappa shape index (κ1) is 31.6. The molecule has 0 aliphatic carbocycles. The number of hydrogen-bond donors (Lipinski definition) is 1. The zero-order chi connectivity index (χ0) is 31.1. The highest BCUT2D eigenvalue weighted by Crippen LogP contribution is 2.28. The van der Waals surface area contributed by atoms with Crippen molar-refractivity contribution in [3.05, 3.63) is 114 Å². The molecule has 9 nitrogen and oxygen atoms in total. The Morgan fingerprint density at radius 3 is 2.23 bits per heavy atom. The van der Waals surface area contributed by atoms with Crippen molar-refractivity contribution in [1.82, 2.24) is 5.43 Å². The fourth-order valence-corrected chi connectivity index (χ4v) is 3.90. The van der Waals surface area contributed by atoms with E-state index in [0.29, 0.717) is 47.3 Å². The Hall–Kier alpha value is -5.31. The van der Waals surface area contributed by atoms with Gasteiger partial charge in [-0.2, -0.15) is 5.10 Å². The molecule has 1 unspecified atom stereocenters. The summed E-state index contributed by atoms with van der Waals surface area (Å²) in [6, 6.07) is 28.6. The van der Waals surface area contributed by atoms with Crippen molar-refractivity contribution in [1.29, 1.82) is 0 Å². The van der Waals surface area contributed by atoms with E-state index in [0.717, 1.165) is 18.4 Å². The van der Waals surface area contributed by atoms with Gasteiger partial charge in [-0.3, -0.25) is 4.79 Å². The van der Waals surface area contributed by atoms with E-state index in [1.165, 1.54) is 13.3 Å². The lowest BCUT2D eigenvalue weighted by Crippen LogP contribution is -2.33. The first-order valence-corrected chi connectivity index (χ1v) is 14.3. The average Bonchev–Trinajstić information content (AvgIpc) is 3.05. The highest BCUT2D eigenvalue weighted by atomic mass is 16.6. The van der Waals surface area contributed by atoms with Gasteiger partial charge < -0.3 is 23.7 Å². The molecule has 4 rings (SSSR count). The van der Waals surface area contributed by atoms with Crippen molar-refractivity contribution in [3.63, 3.8) is 0 Å². The molecule has 44 heavy (non-hydrogen) atoms. The third kappa shape index (κ3) is 9.62. The quantitative estimate of drug-likeness (QED) is 0.0543. The van der Waals surface area contributed by atoms with Crippen LogP contribution in [-0.4, -0.2) is 37.9 Å². The highest BCUT2D eigenvalue weighted by molar-refractivity contribution is 5.92. The maximum Gasteiger partial charge on any atom is 0.343 e. The number of nitrogens with one attached hydrogen (secondary N) is 1. The lowest BCUT2D eigenvalue weighted by atomic mass is 10.2. The number of esters is 1. The van der Waals surface area contributed by atoms with E-state index < -0.39 is 18.0 Å². The minimum absolute atomic E-state index is 0.250. The fraction of sp³-hybridized carbons (Fsp3) is 0.229. The third-order valence-corrected chi connectivity index (χ3v) is 6.39. The topological polar surface area (TPSA) is 105 Å². The van der Waals surface area contributed by atoms with Crippen LogP contribution in [0.5, 0.6) is 28.7 Å². The van der Waals surface area contributed by atoms with E-state index in [2.05, 4.69) is 17.5 Å². The molecule has 228 valence electrons. The minimum atomic E-state index is -0.795. The van der Waals surface area contributed by atoms with Gasteiger partial charge in [0.05, 0.1) is 25.5 Å². The molecule has 4 aromatic rings. The summed E-state index contributed by atoms with van der Waals surface area (Å²) in [4.78, 5) is 25.2. The molecule has 1 N–H and O–H groups in total. The molecule has 0 aromatic heterocycles. The summed E-state index contributed by atoms with van der Waals surface area (Å²) in [6.07, 6.45) is 2.67. The van der Waals surface area contributed by atoms with E-state index in [1.807, 2.05) is 30.3 Å². The molecule has 0 fully saturated rings. The molecule has 0 spiro atoms. The van der Waals surface area contributed by atoms with Gasteiger partial charge in [-0.25, -0.2) is 10.2 Å². The largest absolute Gasteiger partial charge is 0.494 e. The number of nitrogens with zero attached hydrogens (tertiary/aromatic N) is 1. The third-order valence-electron chi connectivity index (χ3n) is 6.39. The van der Waals surface area contributed by atoms with Crippen molar-refractivity contribution in [2.75, 3.05) is 13.7 Å². The summed E-state index contributed by atoms with van der Waals surface area (Å²) in [5.41, 5.74) is 4.55. The molecular formula is C35H36N2O7. The number of carbonyl (C=O) groups excluding carboxylic acids is 2. The van der Waals surface area contributed by atoms with E-state index in [-0.39, 0.29) is 5.75 Å². The van der Waals surface area contributed by atoms with Crippen molar-refractivity contribution < 1.29 is 33.3 Å². The van der Waals surface area contributed by atoms with Crippen molar-refractivity contribution in [3.8, 4) is 28.7 Å². The predicted octanol–water partition coefficient (Wildman–Crippen LogP) is 6.59. The SMILES string of the molecule is CCCCOc1ccc(C(=O)Oc2ccc(/C=N/NC(=O)C(C)Oc3ccc(OCc4ccccc4)cc3)cc2OC)cc1. The Morgan fingerprint density at radius 2 is 1.52 bits per heavy atom. The first-order valence-electron chi connectivity index (χ1n) is 14.3. The fourth-order valence-electron chi connectivity index (χ4n) is 3.90. The van der Waals surface area contributed by atoms with Crippen LogP contribution in [0, 0.1) is 0 Å². The summed E-state index contributed by atoms with van der Waals surface area (Å²) in [6.45, 7) is 4.81. The number of unbranched alkanes of at least 4 members (excludes halogenated alkanes) is 1. The van der Waals surface area contributed by atoms with Gasteiger partial charge in [-0.1, -0.05) is 43.7 Å². The van der Waals surface area contributed by atoms with Gasteiger partial charge in [0.25, 0.3) is 5.91 Å². The van der Waals surface area contributed by atoms with Crippen molar-refractivity contribution in [2.45, 2.75) is 39.4 Å². The van der Waals surface area contributed by atoms with Gasteiger partial charge in [0.1, 0.15) is 23.9 Å². The second kappa shape index (κ2) is 16.4. The molecule has 4 aromatic carbocycles. The Balaban J connectivity index is 1.25. The normalized spacial score (nSPS) is 11.4. The molecule has 0 aliphatic heterocycles. The van der Waals surface area contributed by atoms with Crippen LogP contribution in [-0.2, 0) is 11.4 Å². The van der Waals surface area contributed by atoms with Crippen LogP contribution in [0.15, 0.2) is 102 Å². The molecule has 0 aliphatic rings. The summed E-state index contributed by atoms with van der Waals surface area (Å²) in [5.74, 6) is 1.55. The zero-order valence-electron chi connectivity index (χ0n) is 25.0. The Morgan fingerprint density at radius 1 is 0.841 bits per heavy atom. The van der Waals surface area contributed by atoms with E-state index in [1.54, 1.807) is 73.7 Å². The molecule has 0 saturated heterocycles. The lowest BCUT2D eigenvalue weighted by molar-refractivity contribution is -0.127. The number of rotatable bonds is 15. The van der Waals surface area contributed by atoms with Crippen LogP contribution >= 0.6 is 0 Å². The number of hydrazone groups is 1. The monoisotopic (exact) mass is 596 g/mol. The Kier molecular flexibility index (Phi) is 11.8. The summed E-state index contributed by atoms with van der Waals surface area (Å²) in [5, 5.41) is 4.02. The van der Waals surface area contributed by atoms with Gasteiger partial charge in [0.15, 0.2) is 17.6 Å². The summed E-state index contributed by atoms with van der Waals surface area (Å²) < 4.78 is 28.1. The van der Waals surface area contributed by atoms with Crippen LogP contribution in [0.2, 0.25) is 0 Å². The number of carbonyl (C=O) groups is 2. The van der Waals surface area contributed by atoms with Gasteiger partial charge in [0, 0.05) is 0 Å². The smallest absolute Gasteiger partial charge is 0.343 e. The second-order valence-corrected chi connectivity index (χ2v) is 9.77. The van der Waals surface area contributed by atoms with Crippen molar-refractivity contribution >= 4 is 18.1 Å². The van der Waals surface area contributed by atoms with Gasteiger partial charge >= 0.3 is 5.97 Å². The summed E-state index contributed by atoms with van der Waals surface area (Å²) >= 11 is 0. The number of amides is 1. The zero-order valence-corrected chi connectivity index (χ0v) is 25.0. The standard InChI is InChI=1S/C35H36N2O7/c1-4-5-21-41-29-14-12-28(13-15-29)35(39)44-32-20-11-27(22-33(32)40-3)23-36-37-34(38)25(2)43-31-18-16-30(17-19-31)42-24-26-9-7-6-8-10-26/h6-20,22-23,25H,4-5,21,24H2,1-3H3,(H,37,38)/b36-23+. The molecule has 9 heteroatoms. The van der Waals surface area contributed by atoms with Gasteiger partial charge in [0.2, 0.25) is 0 Å². The van der Waals surface area contributed by atoms with E-state index in [9.17, 15) is 9.59 Å². The lowest BCUT2D eigenvalue weighted by Gasteiger charge is -2.13. The van der Waals surface area contributed by atoms with Crippen LogP contribution in [0.25, 0.3) is 0 Å². The molecule has 1 amide bonds. The molecule has 1 atom stereocenters. The predicted molar refractivity (Wildman–Crippen MR) is 168 cm³/mol. The molecular weight excluding hydrogens is 560 g/mol. The van der Waals surface area contributed by atoms with Crippen LogP contribution in [0.4, 0.5) is 0 Å². The van der Waals surface area contributed by atoms with Gasteiger partial charge in [-0.15, -0.1) is 0 Å². The molecule has 0 heterocycles. The maximum absolute atomic E-state index is 12.7. The van der Waals surface area contributed by atoms with Crippen LogP contribution < -0.4 is 29.1 Å². The number of methoxy groups -OCH3 is 1. The Bertz CT molecular complexity index is 1520. The first-order chi connectivity index (χ1) is 21.4. The number of hydrogen-bond acceptors (Lipinski definition) is 8. The minimum Gasteiger partial charge on any atom is -0.494 e. The number of ether oxygens (including phenoxy) is 5. The van der Waals surface area contributed by atoms with Gasteiger partial charge in [-0.05, 0) is 91.2 Å². The molecule has 0 saturated carbocycles. The average molecular weight is 597 g/mol. The highest BCUT2D eigenvalue weighted by Gasteiger charge is 2.15. The number of benzene rings is 4. The van der Waals surface area contributed by atoms with Crippen molar-refractivity contribution in [2.24, 2.45) is 5.10 Å². The molecule has 0 bridgehead atoms. The summed E-state index contributed by atoms with van der Waals surface area (Å²) in [7, 11) is 1.47. The molecule has 0 radical (unpaired) electrons. The van der Waals surface area contributed by atoms with E-state index >= 15 is 0 Å². The second-order valence-electron chi connectivity index (χ2n) is 9.77. The maximum atomic E-state index is 12.7. The van der Waals surface area contributed by atoms with Crippen LogP contribution in [0.1, 0.15) is 48.2 Å².